The summed E-state index contributed by atoms with van der Waals surface area (Å²) in [5.41, 5.74) is 3.05. The molecule has 3 unspecified atom stereocenters. The second-order valence-electron chi connectivity index (χ2n) is 8.03. The van der Waals surface area contributed by atoms with E-state index in [9.17, 15) is 0 Å². The van der Waals surface area contributed by atoms with Crippen molar-refractivity contribution >= 4 is 29.9 Å². The van der Waals surface area contributed by atoms with Crippen molar-refractivity contribution in [1.29, 1.82) is 0 Å². The van der Waals surface area contributed by atoms with Crippen LogP contribution in [-0.4, -0.2) is 62.3 Å². The van der Waals surface area contributed by atoms with Gasteiger partial charge in [-0.15, -0.1) is 24.0 Å². The zero-order valence-corrected chi connectivity index (χ0v) is 18.3. The maximum absolute atomic E-state index is 5.96. The molecule has 1 aromatic rings. The van der Waals surface area contributed by atoms with Crippen molar-refractivity contribution in [3.8, 4) is 0 Å². The molecule has 2 heterocycles. The summed E-state index contributed by atoms with van der Waals surface area (Å²) >= 11 is 0. The minimum absolute atomic E-state index is 0. The fraction of sp³-hybridized carbons (Fsp3) is 0.650. The molecule has 144 valence electrons. The van der Waals surface area contributed by atoms with Crippen LogP contribution < -0.4 is 10.6 Å². The molecule has 2 saturated heterocycles. The summed E-state index contributed by atoms with van der Waals surface area (Å²) < 4.78 is 5.96. The summed E-state index contributed by atoms with van der Waals surface area (Å²) in [6, 6.07) is 9.22. The van der Waals surface area contributed by atoms with Crippen LogP contribution in [0.4, 0.5) is 0 Å². The Labute approximate surface area is 174 Å². The smallest absolute Gasteiger partial charge is 0.191 e. The van der Waals surface area contributed by atoms with Gasteiger partial charge in [-0.1, -0.05) is 24.3 Å². The number of halogens is 1. The third kappa shape index (κ3) is 3.73. The van der Waals surface area contributed by atoms with E-state index in [4.69, 9.17) is 4.74 Å². The average Bonchev–Trinajstić information content (AvgIpc) is 3.31. The number of guanidine groups is 1. The van der Waals surface area contributed by atoms with Crippen LogP contribution >= 0.6 is 24.0 Å². The van der Waals surface area contributed by atoms with E-state index >= 15 is 0 Å². The van der Waals surface area contributed by atoms with Gasteiger partial charge in [-0.25, -0.2) is 0 Å². The molecule has 0 radical (unpaired) electrons. The monoisotopic (exact) mass is 470 g/mol. The Morgan fingerprint density at radius 1 is 1.23 bits per heavy atom. The van der Waals surface area contributed by atoms with Gasteiger partial charge in [-0.2, -0.15) is 0 Å². The van der Waals surface area contributed by atoms with Gasteiger partial charge >= 0.3 is 0 Å². The normalized spacial score (nSPS) is 28.8. The lowest BCUT2D eigenvalue weighted by Gasteiger charge is -2.37. The number of hydrogen-bond acceptors (Lipinski definition) is 3. The molecule has 26 heavy (non-hydrogen) atoms. The zero-order chi connectivity index (χ0) is 17.4. The highest BCUT2D eigenvalue weighted by molar-refractivity contribution is 14.0. The Morgan fingerprint density at radius 2 is 1.92 bits per heavy atom. The fourth-order valence-electron chi connectivity index (χ4n) is 4.68. The highest BCUT2D eigenvalue weighted by Crippen LogP contribution is 2.35. The number of fused-ring (bicyclic) bond motifs is 3. The van der Waals surface area contributed by atoms with Crippen LogP contribution in [0.25, 0.3) is 0 Å². The van der Waals surface area contributed by atoms with E-state index in [1.54, 1.807) is 0 Å². The molecule has 2 N–H and O–H groups in total. The van der Waals surface area contributed by atoms with Crippen molar-refractivity contribution in [2.45, 2.75) is 55.9 Å². The van der Waals surface area contributed by atoms with Gasteiger partial charge in [0.05, 0.1) is 18.2 Å². The Kier molecular flexibility index (Phi) is 6.14. The van der Waals surface area contributed by atoms with Gasteiger partial charge in [0, 0.05) is 19.1 Å². The van der Waals surface area contributed by atoms with Crippen molar-refractivity contribution in [2.75, 3.05) is 27.7 Å². The van der Waals surface area contributed by atoms with Gasteiger partial charge in [0.25, 0.3) is 0 Å². The molecule has 0 saturated carbocycles. The Morgan fingerprint density at radius 3 is 2.42 bits per heavy atom. The van der Waals surface area contributed by atoms with Crippen molar-refractivity contribution in [2.24, 2.45) is 4.99 Å². The summed E-state index contributed by atoms with van der Waals surface area (Å²) in [6.07, 6.45) is 6.48. The number of rotatable bonds is 4. The van der Waals surface area contributed by atoms with Gasteiger partial charge in [0.15, 0.2) is 5.96 Å². The van der Waals surface area contributed by atoms with Crippen LogP contribution in [0.1, 0.15) is 30.4 Å². The van der Waals surface area contributed by atoms with Gasteiger partial charge < -0.3 is 20.3 Å². The van der Waals surface area contributed by atoms with E-state index in [1.807, 2.05) is 7.05 Å². The number of likely N-dealkylation sites (N-methyl/N-ethyl adjacent to an activating group) is 1. The molecular weight excluding hydrogens is 439 g/mol. The standard InChI is InChI=1S/C20H30N4O.HI/c1-21-19(23-17-10-16-8-9-18(17)25-16)22-13-20(24(2)3)11-14-6-4-5-7-15(14)12-20;/h4-7,16-18H,8-13H2,1-3H3,(H2,21,22,23);1H. The predicted molar refractivity (Wildman–Crippen MR) is 116 cm³/mol. The third-order valence-electron chi connectivity index (χ3n) is 6.34. The minimum atomic E-state index is 0. The predicted octanol–water partition coefficient (Wildman–Crippen LogP) is 2.19. The van der Waals surface area contributed by atoms with Crippen LogP contribution in [0.5, 0.6) is 0 Å². The third-order valence-corrected chi connectivity index (χ3v) is 6.34. The molecule has 5 nitrogen and oxygen atoms in total. The van der Waals surface area contributed by atoms with E-state index < -0.39 is 0 Å². The van der Waals surface area contributed by atoms with E-state index in [-0.39, 0.29) is 29.5 Å². The van der Waals surface area contributed by atoms with E-state index in [0.717, 1.165) is 31.8 Å². The molecule has 1 aliphatic carbocycles. The number of ether oxygens (including phenoxy) is 1. The molecular formula is C20H31IN4O. The molecule has 2 bridgehead atoms. The minimum Gasteiger partial charge on any atom is -0.373 e. The molecule has 1 aromatic carbocycles. The molecule has 0 aromatic heterocycles. The second-order valence-corrected chi connectivity index (χ2v) is 8.03. The van der Waals surface area contributed by atoms with Crippen LogP contribution in [0, 0.1) is 0 Å². The van der Waals surface area contributed by atoms with E-state index in [0.29, 0.717) is 18.2 Å². The number of hydrogen-bond donors (Lipinski definition) is 2. The first kappa shape index (κ1) is 19.9. The van der Waals surface area contributed by atoms with Crippen LogP contribution in [0.2, 0.25) is 0 Å². The van der Waals surface area contributed by atoms with Crippen molar-refractivity contribution < 1.29 is 4.74 Å². The lowest BCUT2D eigenvalue weighted by Crippen LogP contribution is -2.56. The van der Waals surface area contributed by atoms with Gasteiger partial charge in [0.1, 0.15) is 0 Å². The summed E-state index contributed by atoms with van der Waals surface area (Å²) in [5, 5.41) is 7.19. The van der Waals surface area contributed by atoms with Crippen molar-refractivity contribution in [3.05, 3.63) is 35.4 Å². The second kappa shape index (κ2) is 8.02. The zero-order valence-electron chi connectivity index (χ0n) is 16.0. The number of nitrogens with zero attached hydrogens (tertiary/aromatic N) is 2. The summed E-state index contributed by atoms with van der Waals surface area (Å²) in [4.78, 5) is 6.82. The first-order chi connectivity index (χ1) is 12.1. The quantitative estimate of drug-likeness (QED) is 0.403. The lowest BCUT2D eigenvalue weighted by atomic mass is 9.94. The SMILES string of the molecule is CN=C(NCC1(N(C)C)Cc2ccccc2C1)NC1CC2CCC1O2.I. The largest absolute Gasteiger partial charge is 0.373 e. The lowest BCUT2D eigenvalue weighted by molar-refractivity contribution is 0.0991. The topological polar surface area (TPSA) is 48.9 Å². The molecule has 3 atom stereocenters. The Bertz CT molecular complexity index is 638. The van der Waals surface area contributed by atoms with Crippen LogP contribution in [0.3, 0.4) is 0 Å². The number of benzene rings is 1. The average molecular weight is 470 g/mol. The molecule has 2 aliphatic heterocycles. The van der Waals surface area contributed by atoms with E-state index in [2.05, 4.69) is 58.9 Å². The van der Waals surface area contributed by atoms with Gasteiger partial charge in [-0.3, -0.25) is 4.99 Å². The maximum Gasteiger partial charge on any atom is 0.191 e. The van der Waals surface area contributed by atoms with Crippen molar-refractivity contribution in [3.63, 3.8) is 0 Å². The van der Waals surface area contributed by atoms with E-state index in [1.165, 1.54) is 24.0 Å². The van der Waals surface area contributed by atoms with Gasteiger partial charge in [-0.05, 0) is 57.3 Å². The molecule has 3 aliphatic rings. The van der Waals surface area contributed by atoms with Crippen molar-refractivity contribution in [1.82, 2.24) is 15.5 Å². The number of nitrogens with one attached hydrogen (secondary N) is 2. The fourth-order valence-corrected chi connectivity index (χ4v) is 4.68. The Hall–Kier alpha value is -0.860. The first-order valence-electron chi connectivity index (χ1n) is 9.46. The molecule has 4 rings (SSSR count). The molecule has 0 spiro atoms. The molecule has 6 heteroatoms. The highest BCUT2D eigenvalue weighted by Gasteiger charge is 2.42. The molecule has 2 fully saturated rings. The molecule has 0 amide bonds. The maximum atomic E-state index is 5.96. The van der Waals surface area contributed by atoms with Crippen LogP contribution in [0.15, 0.2) is 29.3 Å². The summed E-state index contributed by atoms with van der Waals surface area (Å²) in [5.74, 6) is 0.901. The van der Waals surface area contributed by atoms with Crippen LogP contribution in [-0.2, 0) is 17.6 Å². The number of aliphatic imine (C=N–C) groups is 1. The summed E-state index contributed by atoms with van der Waals surface area (Å²) in [6.45, 7) is 0.885. The Balaban J connectivity index is 0.00000196. The van der Waals surface area contributed by atoms with Gasteiger partial charge in [0.2, 0.25) is 0 Å². The summed E-state index contributed by atoms with van der Waals surface area (Å²) in [7, 11) is 6.23. The highest BCUT2D eigenvalue weighted by atomic mass is 127. The first-order valence-corrected chi connectivity index (χ1v) is 9.46.